The Bertz CT molecular complexity index is 1680. The van der Waals surface area contributed by atoms with Crippen LogP contribution in [0.15, 0.2) is 138 Å². The quantitative estimate of drug-likeness (QED) is 0.194. The summed E-state index contributed by atoms with van der Waals surface area (Å²) in [6.45, 7) is 10.1. The van der Waals surface area contributed by atoms with Gasteiger partial charge in [0.1, 0.15) is 11.3 Å². The van der Waals surface area contributed by atoms with E-state index >= 15 is 0 Å². The SMILES string of the molecule is C=Cc1c(/C=C\C)oc2c(-c3ccc(N(C(/C=C\C)=C/C)c4cccc(-c5ccccc5)c4)cc3)cccc12. The minimum Gasteiger partial charge on any atom is -0.455 e. The lowest BCUT2D eigenvalue weighted by atomic mass is 10.0. The van der Waals surface area contributed by atoms with Crippen LogP contribution in [0.1, 0.15) is 32.1 Å². The molecule has 39 heavy (non-hydrogen) atoms. The summed E-state index contributed by atoms with van der Waals surface area (Å²) < 4.78 is 6.32. The molecule has 0 radical (unpaired) electrons. The lowest BCUT2D eigenvalue weighted by Gasteiger charge is -2.27. The van der Waals surface area contributed by atoms with Crippen molar-refractivity contribution in [2.45, 2.75) is 20.8 Å². The number of fused-ring (bicyclic) bond motifs is 1. The maximum absolute atomic E-state index is 6.32. The van der Waals surface area contributed by atoms with Gasteiger partial charge < -0.3 is 9.32 Å². The molecule has 1 heterocycles. The first-order valence-corrected chi connectivity index (χ1v) is 13.3. The molecule has 192 valence electrons. The summed E-state index contributed by atoms with van der Waals surface area (Å²) in [5.74, 6) is 0.833. The Kier molecular flexibility index (Phi) is 7.75. The lowest BCUT2D eigenvalue weighted by molar-refractivity contribution is 0.604. The predicted molar refractivity (Wildman–Crippen MR) is 169 cm³/mol. The number of nitrogens with zero attached hydrogens (tertiary/aromatic N) is 1. The van der Waals surface area contributed by atoms with Crippen LogP contribution in [0.4, 0.5) is 11.4 Å². The van der Waals surface area contributed by atoms with Crippen molar-refractivity contribution in [1.82, 2.24) is 0 Å². The topological polar surface area (TPSA) is 16.4 Å². The molecule has 0 aliphatic heterocycles. The van der Waals surface area contributed by atoms with Crippen molar-refractivity contribution in [1.29, 1.82) is 0 Å². The molecule has 0 fully saturated rings. The summed E-state index contributed by atoms with van der Waals surface area (Å²) in [6, 6.07) is 34.2. The van der Waals surface area contributed by atoms with Crippen molar-refractivity contribution >= 4 is 34.5 Å². The van der Waals surface area contributed by atoms with E-state index in [-0.39, 0.29) is 0 Å². The van der Waals surface area contributed by atoms with E-state index in [4.69, 9.17) is 4.42 Å². The van der Waals surface area contributed by atoms with Gasteiger partial charge in [-0.3, -0.25) is 0 Å². The third-order valence-electron chi connectivity index (χ3n) is 6.84. The van der Waals surface area contributed by atoms with E-state index in [9.17, 15) is 0 Å². The van der Waals surface area contributed by atoms with E-state index in [1.54, 1.807) is 0 Å². The van der Waals surface area contributed by atoms with Gasteiger partial charge in [-0.2, -0.15) is 0 Å². The fraction of sp³-hybridized carbons (Fsp3) is 0.0811. The summed E-state index contributed by atoms with van der Waals surface area (Å²) >= 11 is 0. The number of hydrogen-bond donors (Lipinski definition) is 0. The maximum Gasteiger partial charge on any atom is 0.143 e. The van der Waals surface area contributed by atoms with E-state index < -0.39 is 0 Å². The number of para-hydroxylation sites is 1. The minimum absolute atomic E-state index is 0.833. The van der Waals surface area contributed by atoms with Crippen LogP contribution >= 0.6 is 0 Å². The normalized spacial score (nSPS) is 12.0. The van der Waals surface area contributed by atoms with Crippen molar-refractivity contribution in [2.75, 3.05) is 4.90 Å². The second-order valence-corrected chi connectivity index (χ2v) is 9.28. The average molecular weight is 508 g/mol. The highest BCUT2D eigenvalue weighted by Crippen LogP contribution is 2.38. The second kappa shape index (κ2) is 11.7. The molecule has 2 heteroatoms. The molecule has 0 amide bonds. The Hall–Kier alpha value is -4.82. The van der Waals surface area contributed by atoms with E-state index in [1.165, 1.54) is 11.1 Å². The van der Waals surface area contributed by atoms with Gasteiger partial charge in [-0.05, 0) is 73.9 Å². The van der Waals surface area contributed by atoms with Gasteiger partial charge in [0.05, 0.1) is 0 Å². The summed E-state index contributed by atoms with van der Waals surface area (Å²) in [6.07, 6.45) is 12.2. The molecule has 0 saturated heterocycles. The molecule has 0 bridgehead atoms. The number of benzene rings is 4. The van der Waals surface area contributed by atoms with Gasteiger partial charge in [-0.1, -0.05) is 104 Å². The van der Waals surface area contributed by atoms with Crippen LogP contribution in [-0.4, -0.2) is 0 Å². The zero-order chi connectivity index (χ0) is 27.2. The first-order chi connectivity index (χ1) is 19.2. The minimum atomic E-state index is 0.833. The van der Waals surface area contributed by atoms with Crippen molar-refractivity contribution in [3.05, 3.63) is 145 Å². The first kappa shape index (κ1) is 25.8. The van der Waals surface area contributed by atoms with Crippen molar-refractivity contribution < 1.29 is 4.42 Å². The number of furan rings is 1. The number of rotatable bonds is 8. The van der Waals surface area contributed by atoms with E-state index in [0.29, 0.717) is 0 Å². The largest absolute Gasteiger partial charge is 0.455 e. The number of anilines is 2. The smallest absolute Gasteiger partial charge is 0.143 e. The molecule has 0 N–H and O–H groups in total. The second-order valence-electron chi connectivity index (χ2n) is 9.28. The third-order valence-corrected chi connectivity index (χ3v) is 6.84. The highest BCUT2D eigenvalue weighted by molar-refractivity contribution is 5.99. The van der Waals surface area contributed by atoms with Crippen molar-refractivity contribution in [3.63, 3.8) is 0 Å². The van der Waals surface area contributed by atoms with Crippen LogP contribution in [0.5, 0.6) is 0 Å². The molecule has 1 aromatic heterocycles. The Morgan fingerprint density at radius 3 is 2.15 bits per heavy atom. The first-order valence-electron chi connectivity index (χ1n) is 13.3. The third kappa shape index (κ3) is 5.15. The predicted octanol–water partition coefficient (Wildman–Crippen LogP) is 11.1. The van der Waals surface area contributed by atoms with Crippen LogP contribution in [-0.2, 0) is 0 Å². The van der Waals surface area contributed by atoms with Gasteiger partial charge in [0.25, 0.3) is 0 Å². The number of allylic oxidation sites excluding steroid dienone is 4. The fourth-order valence-electron chi connectivity index (χ4n) is 5.03. The summed E-state index contributed by atoms with van der Waals surface area (Å²) in [7, 11) is 0. The Morgan fingerprint density at radius 1 is 0.718 bits per heavy atom. The summed E-state index contributed by atoms with van der Waals surface area (Å²) in [5, 5.41) is 1.07. The molecule has 0 atom stereocenters. The molecule has 5 aromatic rings. The molecule has 5 rings (SSSR count). The summed E-state index contributed by atoms with van der Waals surface area (Å²) in [5.41, 5.74) is 9.75. The monoisotopic (exact) mass is 507 g/mol. The number of hydrogen-bond acceptors (Lipinski definition) is 2. The highest BCUT2D eigenvalue weighted by atomic mass is 16.3. The molecule has 0 aliphatic rings. The van der Waals surface area contributed by atoms with E-state index in [1.807, 2.05) is 31.2 Å². The van der Waals surface area contributed by atoms with Crippen LogP contribution in [0.3, 0.4) is 0 Å². The molecule has 4 aromatic carbocycles. The van der Waals surface area contributed by atoms with Crippen molar-refractivity contribution in [2.24, 2.45) is 0 Å². The van der Waals surface area contributed by atoms with E-state index in [0.717, 1.165) is 50.5 Å². The summed E-state index contributed by atoms with van der Waals surface area (Å²) in [4.78, 5) is 2.30. The molecular formula is C37H33NO. The van der Waals surface area contributed by atoms with Crippen LogP contribution in [0.25, 0.3) is 45.4 Å². The standard InChI is InChI=1S/C37H33NO/c1-5-14-30(7-3)38(32-19-12-18-29(26-32)27-16-10-9-11-17-27)31-24-22-28(23-25-31)34-20-13-21-35-33(8-4)36(15-6-2)39-37(34)35/h5-26H,4H2,1-3H3/b14-5-,15-6-,30-7+. The molecular weight excluding hydrogens is 474 g/mol. The van der Waals surface area contributed by atoms with Gasteiger partial charge in [-0.15, -0.1) is 0 Å². The molecule has 0 saturated carbocycles. The Balaban J connectivity index is 1.59. The zero-order valence-electron chi connectivity index (χ0n) is 22.8. The lowest BCUT2D eigenvalue weighted by Crippen LogP contribution is -2.15. The van der Waals surface area contributed by atoms with Gasteiger partial charge in [0, 0.05) is 33.6 Å². The van der Waals surface area contributed by atoms with Gasteiger partial charge in [-0.25, -0.2) is 0 Å². The van der Waals surface area contributed by atoms with Gasteiger partial charge in [0.2, 0.25) is 0 Å². The van der Waals surface area contributed by atoms with Crippen LogP contribution in [0.2, 0.25) is 0 Å². The Morgan fingerprint density at radius 2 is 1.46 bits per heavy atom. The van der Waals surface area contributed by atoms with Gasteiger partial charge in [0.15, 0.2) is 0 Å². The van der Waals surface area contributed by atoms with Crippen LogP contribution < -0.4 is 4.90 Å². The van der Waals surface area contributed by atoms with E-state index in [2.05, 4.69) is 135 Å². The highest BCUT2D eigenvalue weighted by Gasteiger charge is 2.16. The zero-order valence-corrected chi connectivity index (χ0v) is 22.8. The van der Waals surface area contributed by atoms with Crippen LogP contribution in [0, 0.1) is 0 Å². The maximum atomic E-state index is 6.32. The van der Waals surface area contributed by atoms with Crippen molar-refractivity contribution in [3.8, 4) is 22.3 Å². The van der Waals surface area contributed by atoms with Gasteiger partial charge >= 0.3 is 0 Å². The molecule has 0 spiro atoms. The fourth-order valence-corrected chi connectivity index (χ4v) is 5.03. The molecule has 0 aliphatic carbocycles. The molecule has 0 unspecified atom stereocenters. The average Bonchev–Trinajstić information content (AvgIpc) is 3.35. The molecule has 2 nitrogen and oxygen atoms in total. The Labute approximate surface area is 231 Å².